The molecular formula is C24H28N4O5S. The minimum Gasteiger partial charge on any atom is -0.465 e. The quantitative estimate of drug-likeness (QED) is 0.378. The second kappa shape index (κ2) is 12.8. The first-order chi connectivity index (χ1) is 16.4. The summed E-state index contributed by atoms with van der Waals surface area (Å²) in [4.78, 5) is 48.1. The minimum atomic E-state index is -0.476. The minimum absolute atomic E-state index is 0.0900. The first-order valence-corrected chi connectivity index (χ1v) is 11.9. The zero-order valence-electron chi connectivity index (χ0n) is 18.8. The summed E-state index contributed by atoms with van der Waals surface area (Å²) >= 11 is 1.23. The van der Waals surface area contributed by atoms with Crippen LogP contribution in [0.5, 0.6) is 0 Å². The lowest BCUT2D eigenvalue weighted by molar-refractivity contribution is -0.125. The van der Waals surface area contributed by atoms with E-state index >= 15 is 0 Å². The van der Waals surface area contributed by atoms with Gasteiger partial charge in [-0.3, -0.25) is 19.7 Å². The topological polar surface area (TPSA) is 126 Å². The Morgan fingerprint density at radius 2 is 1.79 bits per heavy atom. The number of nitrogens with one attached hydrogen (secondary N) is 4. The highest BCUT2D eigenvalue weighted by Crippen LogP contribution is 2.16. The molecule has 0 spiro atoms. The Morgan fingerprint density at radius 1 is 1.06 bits per heavy atom. The van der Waals surface area contributed by atoms with E-state index in [2.05, 4.69) is 26.0 Å². The van der Waals surface area contributed by atoms with Gasteiger partial charge in [-0.1, -0.05) is 30.3 Å². The van der Waals surface area contributed by atoms with E-state index < -0.39 is 11.5 Å². The van der Waals surface area contributed by atoms with Crippen LogP contribution in [0, 0.1) is 0 Å². The highest BCUT2D eigenvalue weighted by molar-refractivity contribution is 8.00. The predicted molar refractivity (Wildman–Crippen MR) is 130 cm³/mol. The van der Waals surface area contributed by atoms with Crippen molar-refractivity contribution in [3.8, 4) is 0 Å². The Bertz CT molecular complexity index is 1000. The van der Waals surface area contributed by atoms with Gasteiger partial charge in [-0.15, -0.1) is 11.8 Å². The summed E-state index contributed by atoms with van der Waals surface area (Å²) in [6, 6.07) is 15.9. The lowest BCUT2D eigenvalue weighted by Crippen LogP contribution is -2.56. The summed E-state index contributed by atoms with van der Waals surface area (Å²) < 4.78 is 4.65. The molecule has 180 valence electrons. The van der Waals surface area contributed by atoms with E-state index in [0.717, 1.165) is 12.0 Å². The fourth-order valence-corrected chi connectivity index (χ4v) is 4.31. The number of methoxy groups -OCH3 is 1. The van der Waals surface area contributed by atoms with Gasteiger partial charge in [0, 0.05) is 31.1 Å². The van der Waals surface area contributed by atoms with Crippen LogP contribution in [0.3, 0.4) is 0 Å². The first kappa shape index (κ1) is 25.3. The Labute approximate surface area is 202 Å². The number of thioether (sulfide) groups is 1. The third-order valence-electron chi connectivity index (χ3n) is 5.09. The number of benzene rings is 2. The SMILES string of the molecule is COC(=O)c1ccc(NC(=O)CSC2NC(=O)CC(CC(=O)NCCc3ccccc3)N2)cc1. The van der Waals surface area contributed by atoms with Crippen LogP contribution in [0.25, 0.3) is 0 Å². The van der Waals surface area contributed by atoms with Crippen LogP contribution in [-0.4, -0.2) is 54.6 Å². The van der Waals surface area contributed by atoms with Crippen molar-refractivity contribution >= 4 is 41.1 Å². The van der Waals surface area contributed by atoms with Crippen molar-refractivity contribution in [2.45, 2.75) is 30.8 Å². The van der Waals surface area contributed by atoms with E-state index in [1.807, 2.05) is 30.3 Å². The van der Waals surface area contributed by atoms with Crippen LogP contribution >= 0.6 is 11.8 Å². The molecule has 1 heterocycles. The predicted octanol–water partition coefficient (Wildman–Crippen LogP) is 1.66. The second-order valence-electron chi connectivity index (χ2n) is 7.73. The maximum Gasteiger partial charge on any atom is 0.337 e. The average molecular weight is 485 g/mol. The molecule has 0 saturated carbocycles. The van der Waals surface area contributed by atoms with E-state index in [1.54, 1.807) is 24.3 Å². The number of carbonyl (C=O) groups is 4. The van der Waals surface area contributed by atoms with Crippen LogP contribution in [0.2, 0.25) is 0 Å². The molecule has 3 rings (SSSR count). The molecule has 1 aliphatic rings. The molecule has 0 aromatic heterocycles. The number of rotatable bonds is 10. The normalized spacial score (nSPS) is 17.4. The molecule has 2 atom stereocenters. The maximum absolute atomic E-state index is 12.3. The monoisotopic (exact) mass is 484 g/mol. The number of anilines is 1. The summed E-state index contributed by atoms with van der Waals surface area (Å²) in [6.45, 7) is 0.528. The van der Waals surface area contributed by atoms with E-state index in [0.29, 0.717) is 17.8 Å². The molecule has 2 aromatic carbocycles. The fraction of sp³-hybridized carbons (Fsp3) is 0.333. The Kier molecular flexibility index (Phi) is 9.48. The Morgan fingerprint density at radius 3 is 2.50 bits per heavy atom. The molecule has 2 unspecified atom stereocenters. The molecule has 4 N–H and O–H groups in total. The number of hydrogen-bond acceptors (Lipinski definition) is 7. The number of amides is 3. The molecule has 0 aliphatic carbocycles. The van der Waals surface area contributed by atoms with Crippen molar-refractivity contribution in [3.63, 3.8) is 0 Å². The third kappa shape index (κ3) is 8.20. The summed E-state index contributed by atoms with van der Waals surface area (Å²) in [7, 11) is 1.30. The van der Waals surface area contributed by atoms with Crippen LogP contribution in [0.15, 0.2) is 54.6 Å². The summed E-state index contributed by atoms with van der Waals surface area (Å²) in [5, 5.41) is 11.6. The molecule has 34 heavy (non-hydrogen) atoms. The highest BCUT2D eigenvalue weighted by atomic mass is 32.2. The summed E-state index contributed by atoms with van der Waals surface area (Å²) in [5.41, 5.74) is 1.60. The number of esters is 1. The van der Waals surface area contributed by atoms with Gasteiger partial charge in [0.25, 0.3) is 0 Å². The van der Waals surface area contributed by atoms with Gasteiger partial charge in [-0.05, 0) is 36.2 Å². The molecule has 2 aromatic rings. The van der Waals surface area contributed by atoms with Crippen molar-refractivity contribution < 1.29 is 23.9 Å². The lowest BCUT2D eigenvalue weighted by atomic mass is 10.1. The molecule has 1 fully saturated rings. The van der Waals surface area contributed by atoms with Crippen molar-refractivity contribution in [1.29, 1.82) is 0 Å². The fourth-order valence-electron chi connectivity index (χ4n) is 3.41. The zero-order chi connectivity index (χ0) is 24.3. The molecule has 1 aliphatic heterocycles. The maximum atomic E-state index is 12.3. The van der Waals surface area contributed by atoms with E-state index in [4.69, 9.17) is 0 Å². The molecular weight excluding hydrogens is 456 g/mol. The van der Waals surface area contributed by atoms with Gasteiger partial charge in [0.15, 0.2) is 0 Å². The summed E-state index contributed by atoms with van der Waals surface area (Å²) in [6.07, 6.45) is 1.12. The van der Waals surface area contributed by atoms with Crippen LogP contribution < -0.4 is 21.3 Å². The molecule has 9 nitrogen and oxygen atoms in total. The van der Waals surface area contributed by atoms with Gasteiger partial charge in [0.2, 0.25) is 17.7 Å². The lowest BCUT2D eigenvalue weighted by Gasteiger charge is -2.30. The van der Waals surface area contributed by atoms with Gasteiger partial charge in [-0.25, -0.2) is 4.79 Å². The van der Waals surface area contributed by atoms with Crippen LogP contribution in [-0.2, 0) is 25.5 Å². The van der Waals surface area contributed by atoms with Gasteiger partial charge >= 0.3 is 5.97 Å². The smallest absolute Gasteiger partial charge is 0.337 e. The van der Waals surface area contributed by atoms with Crippen molar-refractivity contribution in [3.05, 3.63) is 65.7 Å². The van der Waals surface area contributed by atoms with Gasteiger partial charge in [-0.2, -0.15) is 0 Å². The van der Waals surface area contributed by atoms with Gasteiger partial charge < -0.3 is 20.7 Å². The number of ether oxygens (including phenoxy) is 1. The van der Waals surface area contributed by atoms with Crippen molar-refractivity contribution in [2.24, 2.45) is 0 Å². The molecule has 3 amide bonds. The molecule has 1 saturated heterocycles. The van der Waals surface area contributed by atoms with E-state index in [1.165, 1.54) is 18.9 Å². The van der Waals surface area contributed by atoms with Crippen LogP contribution in [0.1, 0.15) is 28.8 Å². The van der Waals surface area contributed by atoms with Crippen molar-refractivity contribution in [2.75, 3.05) is 24.7 Å². The van der Waals surface area contributed by atoms with Crippen molar-refractivity contribution in [1.82, 2.24) is 16.0 Å². The average Bonchev–Trinajstić information content (AvgIpc) is 2.83. The standard InChI is InChI=1S/C24H28N4O5S/c1-33-23(32)17-7-9-18(10-8-17)26-22(31)15-34-24-27-19(14-21(30)28-24)13-20(29)25-12-11-16-5-3-2-4-6-16/h2-10,19,24,27H,11-15H2,1H3,(H,25,29)(H,26,31)(H,28,30). The summed E-state index contributed by atoms with van der Waals surface area (Å²) in [5.74, 6) is -0.913. The van der Waals surface area contributed by atoms with Crippen LogP contribution in [0.4, 0.5) is 5.69 Å². The largest absolute Gasteiger partial charge is 0.465 e. The Balaban J connectivity index is 1.39. The molecule has 10 heteroatoms. The first-order valence-electron chi connectivity index (χ1n) is 10.9. The van der Waals surface area contributed by atoms with E-state index in [-0.39, 0.29) is 42.4 Å². The zero-order valence-corrected chi connectivity index (χ0v) is 19.7. The molecule has 0 bridgehead atoms. The Hall–Kier alpha value is -3.37. The molecule has 0 radical (unpaired) electrons. The number of carbonyl (C=O) groups excluding carboxylic acids is 4. The van der Waals surface area contributed by atoms with Gasteiger partial charge in [0.05, 0.1) is 18.4 Å². The third-order valence-corrected chi connectivity index (χ3v) is 6.11. The van der Waals surface area contributed by atoms with Gasteiger partial charge in [0.1, 0.15) is 5.50 Å². The van der Waals surface area contributed by atoms with E-state index in [9.17, 15) is 19.2 Å². The number of hydrogen-bond donors (Lipinski definition) is 4. The second-order valence-corrected chi connectivity index (χ2v) is 8.83. The highest BCUT2D eigenvalue weighted by Gasteiger charge is 2.28.